The highest BCUT2D eigenvalue weighted by Crippen LogP contribution is 2.58. The largest absolute Gasteiger partial charge is 0.392 e. The van der Waals surface area contributed by atoms with Gasteiger partial charge in [0.1, 0.15) is 0 Å². The van der Waals surface area contributed by atoms with Gasteiger partial charge in [-0.05, 0) is 61.2 Å². The summed E-state index contributed by atoms with van der Waals surface area (Å²) in [5.74, 6) is 0. The van der Waals surface area contributed by atoms with E-state index in [4.69, 9.17) is 11.6 Å². The Kier molecular flexibility index (Phi) is 3.95. The standard InChI is InChI=1S/C21H24ClNO/c1-23(2)13-15(24)12-21-10-9-16(17-5-3-4-6-19(17)21)18-8-7-14(22)11-20(18)21/h3-8,11,14-15,24H,9-10,12-13H2,1-2H3. The quantitative estimate of drug-likeness (QED) is 0.839. The predicted molar refractivity (Wildman–Crippen MR) is 100 cm³/mol. The molecule has 0 radical (unpaired) electrons. The van der Waals surface area contributed by atoms with Crippen molar-refractivity contribution >= 4 is 17.2 Å². The number of halogens is 1. The van der Waals surface area contributed by atoms with Crippen LogP contribution in [0.15, 0.2) is 53.6 Å². The zero-order chi connectivity index (χ0) is 16.9. The lowest BCUT2D eigenvalue weighted by Gasteiger charge is -2.50. The second kappa shape index (κ2) is 5.87. The monoisotopic (exact) mass is 341 g/mol. The van der Waals surface area contributed by atoms with E-state index < -0.39 is 0 Å². The van der Waals surface area contributed by atoms with Crippen molar-refractivity contribution in [2.24, 2.45) is 0 Å². The number of allylic oxidation sites excluding steroid dienone is 6. The van der Waals surface area contributed by atoms with Gasteiger partial charge in [-0.2, -0.15) is 0 Å². The van der Waals surface area contributed by atoms with E-state index in [1.165, 1.54) is 27.8 Å². The van der Waals surface area contributed by atoms with Gasteiger partial charge in [-0.1, -0.05) is 42.5 Å². The van der Waals surface area contributed by atoms with Gasteiger partial charge in [-0.25, -0.2) is 0 Å². The molecule has 2 nitrogen and oxygen atoms in total. The fraction of sp³-hybridized carbons (Fsp3) is 0.429. The Bertz CT molecular complexity index is 761. The van der Waals surface area contributed by atoms with Crippen molar-refractivity contribution in [3.05, 3.63) is 64.8 Å². The highest BCUT2D eigenvalue weighted by Gasteiger charge is 2.48. The van der Waals surface area contributed by atoms with E-state index in [0.29, 0.717) is 6.54 Å². The Morgan fingerprint density at radius 3 is 2.92 bits per heavy atom. The van der Waals surface area contributed by atoms with Crippen molar-refractivity contribution in [1.29, 1.82) is 0 Å². The highest BCUT2D eigenvalue weighted by molar-refractivity contribution is 6.23. The molecule has 126 valence electrons. The average molecular weight is 342 g/mol. The van der Waals surface area contributed by atoms with Gasteiger partial charge in [0.2, 0.25) is 0 Å². The van der Waals surface area contributed by atoms with Gasteiger partial charge in [0.15, 0.2) is 0 Å². The molecule has 5 rings (SSSR count). The van der Waals surface area contributed by atoms with Crippen molar-refractivity contribution in [2.45, 2.75) is 36.2 Å². The maximum atomic E-state index is 10.7. The van der Waals surface area contributed by atoms with Crippen molar-refractivity contribution in [3.8, 4) is 0 Å². The lowest BCUT2D eigenvalue weighted by Crippen LogP contribution is -2.43. The SMILES string of the molecule is CN(C)CC(O)CC12CCC(=C3C=CC(Cl)C=C31)c1ccccc12. The van der Waals surface area contributed by atoms with E-state index in [1.807, 2.05) is 14.1 Å². The Morgan fingerprint density at radius 1 is 1.33 bits per heavy atom. The van der Waals surface area contributed by atoms with Crippen LogP contribution in [-0.4, -0.2) is 42.1 Å². The van der Waals surface area contributed by atoms with E-state index in [9.17, 15) is 5.11 Å². The number of fused-ring (bicyclic) bond motifs is 1. The Balaban J connectivity index is 1.86. The number of aliphatic hydroxyl groups is 1. The van der Waals surface area contributed by atoms with Crippen LogP contribution in [0.25, 0.3) is 5.57 Å². The first kappa shape index (κ1) is 16.1. The molecule has 0 saturated heterocycles. The predicted octanol–water partition coefficient (Wildman–Crippen LogP) is 3.90. The van der Waals surface area contributed by atoms with Gasteiger partial charge in [-0.3, -0.25) is 0 Å². The van der Waals surface area contributed by atoms with E-state index in [1.54, 1.807) is 0 Å². The second-order valence-corrected chi connectivity index (χ2v) is 8.03. The zero-order valence-electron chi connectivity index (χ0n) is 14.3. The Morgan fingerprint density at radius 2 is 2.12 bits per heavy atom. The molecule has 0 spiro atoms. The van der Waals surface area contributed by atoms with Crippen LogP contribution in [0.1, 0.15) is 30.4 Å². The van der Waals surface area contributed by atoms with E-state index >= 15 is 0 Å². The molecule has 0 aliphatic heterocycles. The summed E-state index contributed by atoms with van der Waals surface area (Å²) in [6.45, 7) is 0.684. The smallest absolute Gasteiger partial charge is 0.0706 e. The highest BCUT2D eigenvalue weighted by atomic mass is 35.5. The molecule has 0 heterocycles. The molecule has 0 amide bonds. The summed E-state index contributed by atoms with van der Waals surface area (Å²) in [7, 11) is 4.02. The van der Waals surface area contributed by atoms with Crippen LogP contribution in [0.3, 0.4) is 0 Å². The number of alkyl halides is 1. The van der Waals surface area contributed by atoms with Gasteiger partial charge in [0, 0.05) is 12.0 Å². The van der Waals surface area contributed by atoms with Gasteiger partial charge in [-0.15, -0.1) is 11.6 Å². The molecule has 0 saturated carbocycles. The maximum Gasteiger partial charge on any atom is 0.0706 e. The number of rotatable bonds is 4. The minimum Gasteiger partial charge on any atom is -0.392 e. The van der Waals surface area contributed by atoms with Gasteiger partial charge in [0.05, 0.1) is 11.5 Å². The molecular weight excluding hydrogens is 318 g/mol. The number of likely N-dealkylation sites (N-methyl/N-ethyl adjacent to an activating group) is 1. The number of aliphatic hydroxyl groups excluding tert-OH is 1. The summed E-state index contributed by atoms with van der Waals surface area (Å²) in [5, 5.41) is 10.7. The summed E-state index contributed by atoms with van der Waals surface area (Å²) in [4.78, 5) is 2.06. The van der Waals surface area contributed by atoms with Gasteiger partial charge in [0.25, 0.3) is 0 Å². The number of nitrogens with zero attached hydrogens (tertiary/aromatic N) is 1. The van der Waals surface area contributed by atoms with Gasteiger partial charge < -0.3 is 10.0 Å². The lowest BCUT2D eigenvalue weighted by molar-refractivity contribution is 0.104. The first-order chi connectivity index (χ1) is 11.5. The molecule has 1 N–H and O–H groups in total. The molecular formula is C21H24ClNO. The fourth-order valence-corrected chi connectivity index (χ4v) is 5.00. The van der Waals surface area contributed by atoms with Crippen molar-refractivity contribution < 1.29 is 5.11 Å². The molecule has 24 heavy (non-hydrogen) atoms. The number of hydrogen-bond acceptors (Lipinski definition) is 2. The van der Waals surface area contributed by atoms with Crippen molar-refractivity contribution in [3.63, 3.8) is 0 Å². The minimum absolute atomic E-state index is 0.0567. The van der Waals surface area contributed by atoms with Crippen LogP contribution in [-0.2, 0) is 5.41 Å². The first-order valence-corrected chi connectivity index (χ1v) is 9.16. The molecule has 4 aliphatic carbocycles. The molecule has 3 unspecified atom stereocenters. The van der Waals surface area contributed by atoms with Crippen LogP contribution in [0.4, 0.5) is 0 Å². The maximum absolute atomic E-state index is 10.7. The molecule has 1 aromatic rings. The average Bonchev–Trinajstić information content (AvgIpc) is 2.55. The molecule has 0 fully saturated rings. The van der Waals surface area contributed by atoms with E-state index in [2.05, 4.69) is 47.4 Å². The third-order valence-corrected chi connectivity index (χ3v) is 5.90. The molecule has 2 bridgehead atoms. The summed E-state index contributed by atoms with van der Waals surface area (Å²) in [6.07, 6.45) is 9.02. The van der Waals surface area contributed by atoms with Crippen LogP contribution in [0, 0.1) is 0 Å². The minimum atomic E-state index is -0.352. The van der Waals surface area contributed by atoms with Crippen molar-refractivity contribution in [1.82, 2.24) is 4.90 Å². The summed E-state index contributed by atoms with van der Waals surface area (Å²) < 4.78 is 0. The molecule has 3 atom stereocenters. The van der Waals surface area contributed by atoms with Gasteiger partial charge >= 0.3 is 0 Å². The lowest BCUT2D eigenvalue weighted by atomic mass is 9.54. The molecule has 1 aromatic carbocycles. The van der Waals surface area contributed by atoms with Crippen LogP contribution >= 0.6 is 11.6 Å². The third-order valence-electron chi connectivity index (χ3n) is 5.63. The van der Waals surface area contributed by atoms with Crippen LogP contribution in [0.2, 0.25) is 0 Å². The molecule has 4 aliphatic rings. The number of hydrogen-bond donors (Lipinski definition) is 1. The fourth-order valence-electron chi connectivity index (χ4n) is 4.80. The Hall–Kier alpha value is -1.35. The topological polar surface area (TPSA) is 23.5 Å². The first-order valence-electron chi connectivity index (χ1n) is 8.72. The number of benzene rings is 1. The molecule has 0 aromatic heterocycles. The summed E-state index contributed by atoms with van der Waals surface area (Å²) >= 11 is 6.43. The normalized spacial score (nSPS) is 28.7. The molecule has 3 heteroatoms. The second-order valence-electron chi connectivity index (χ2n) is 7.52. The summed E-state index contributed by atoms with van der Waals surface area (Å²) in [5.41, 5.74) is 6.75. The van der Waals surface area contributed by atoms with Crippen LogP contribution < -0.4 is 0 Å². The summed E-state index contributed by atoms with van der Waals surface area (Å²) in [6, 6.07) is 8.73. The van der Waals surface area contributed by atoms with E-state index in [0.717, 1.165) is 19.3 Å². The van der Waals surface area contributed by atoms with Crippen LogP contribution in [0.5, 0.6) is 0 Å². The van der Waals surface area contributed by atoms with Crippen molar-refractivity contribution in [2.75, 3.05) is 20.6 Å². The Labute approximate surface area is 149 Å². The third kappa shape index (κ3) is 2.40. The van der Waals surface area contributed by atoms with E-state index in [-0.39, 0.29) is 16.9 Å². The zero-order valence-corrected chi connectivity index (χ0v) is 15.1.